The molecular formula is C20H25NO3. The lowest BCUT2D eigenvalue weighted by Crippen LogP contribution is -2.36. The number of benzene rings is 2. The van der Waals surface area contributed by atoms with Crippen LogP contribution in [-0.2, 0) is 16.0 Å². The molecule has 0 unspecified atom stereocenters. The smallest absolute Gasteiger partial charge is 0.222 e. The zero-order chi connectivity index (χ0) is 16.9. The second-order valence-electron chi connectivity index (χ2n) is 6.39. The Hall–Kier alpha value is -2.07. The summed E-state index contributed by atoms with van der Waals surface area (Å²) in [6.07, 6.45) is 2.94. The van der Waals surface area contributed by atoms with Gasteiger partial charge in [0.15, 0.2) is 0 Å². The predicted molar refractivity (Wildman–Crippen MR) is 95.2 cm³/mol. The maximum Gasteiger partial charge on any atom is 0.222 e. The summed E-state index contributed by atoms with van der Waals surface area (Å²) in [6, 6.07) is 11.7. The topological polar surface area (TPSA) is 49.8 Å². The van der Waals surface area contributed by atoms with Crippen molar-refractivity contribution in [2.75, 3.05) is 19.7 Å². The molecule has 1 saturated heterocycles. The molecule has 1 amide bonds. The van der Waals surface area contributed by atoms with Gasteiger partial charge < -0.3 is 14.7 Å². The Morgan fingerprint density at radius 1 is 1.29 bits per heavy atom. The summed E-state index contributed by atoms with van der Waals surface area (Å²) in [5.41, 5.74) is 0.833. The van der Waals surface area contributed by atoms with E-state index < -0.39 is 0 Å². The third-order valence-corrected chi connectivity index (χ3v) is 4.75. The highest BCUT2D eigenvalue weighted by atomic mass is 16.5. The average molecular weight is 327 g/mol. The highest BCUT2D eigenvalue weighted by Crippen LogP contribution is 2.29. The Labute approximate surface area is 143 Å². The van der Waals surface area contributed by atoms with Gasteiger partial charge in [0.05, 0.1) is 6.10 Å². The molecule has 1 aliphatic rings. The van der Waals surface area contributed by atoms with E-state index in [4.69, 9.17) is 4.74 Å². The number of fused-ring (bicyclic) bond motifs is 1. The van der Waals surface area contributed by atoms with Gasteiger partial charge in [-0.3, -0.25) is 4.79 Å². The predicted octanol–water partition coefficient (Wildman–Crippen LogP) is 3.51. The number of phenolic OH excluding ortho intramolecular Hbond substituents is 1. The summed E-state index contributed by atoms with van der Waals surface area (Å²) in [5, 5.41) is 12.3. The average Bonchev–Trinajstić information content (AvgIpc) is 2.87. The van der Waals surface area contributed by atoms with Crippen LogP contribution >= 0.6 is 0 Å². The number of carbonyl (C=O) groups excluding carboxylic acids is 1. The Kier molecular flexibility index (Phi) is 5.36. The lowest BCUT2D eigenvalue weighted by Gasteiger charge is -2.23. The molecule has 0 radical (unpaired) electrons. The summed E-state index contributed by atoms with van der Waals surface area (Å²) >= 11 is 0. The molecule has 0 bridgehead atoms. The van der Waals surface area contributed by atoms with E-state index in [9.17, 15) is 9.90 Å². The van der Waals surface area contributed by atoms with Crippen molar-refractivity contribution >= 4 is 16.7 Å². The van der Waals surface area contributed by atoms with Gasteiger partial charge in [-0.05, 0) is 30.2 Å². The van der Waals surface area contributed by atoms with Crippen LogP contribution in [0.1, 0.15) is 31.7 Å². The quantitative estimate of drug-likeness (QED) is 0.935. The standard InChI is InChI=1S/C20H25NO3/c1-2-17-14-21(12-5-13-24-17)19(22)11-10-16-9-8-15-6-3-4-7-18(15)20(16)23/h3-4,6-9,17,23H,2,5,10-14H2,1H3/t17-/m0/s1. The van der Waals surface area contributed by atoms with Crippen molar-refractivity contribution in [1.29, 1.82) is 0 Å². The molecule has 1 aliphatic heterocycles. The van der Waals surface area contributed by atoms with Gasteiger partial charge in [-0.25, -0.2) is 0 Å². The van der Waals surface area contributed by atoms with Gasteiger partial charge in [0.25, 0.3) is 0 Å². The van der Waals surface area contributed by atoms with E-state index in [1.54, 1.807) is 0 Å². The van der Waals surface area contributed by atoms with Crippen LogP contribution in [0, 0.1) is 0 Å². The lowest BCUT2D eigenvalue weighted by atomic mass is 10.0. The zero-order valence-corrected chi connectivity index (χ0v) is 14.2. The van der Waals surface area contributed by atoms with Gasteiger partial charge in [-0.1, -0.05) is 43.3 Å². The normalized spacial score (nSPS) is 18.5. The van der Waals surface area contributed by atoms with Gasteiger partial charge in [-0.15, -0.1) is 0 Å². The van der Waals surface area contributed by atoms with Crippen molar-refractivity contribution in [3.05, 3.63) is 42.0 Å². The van der Waals surface area contributed by atoms with Crippen molar-refractivity contribution in [3.8, 4) is 5.75 Å². The highest BCUT2D eigenvalue weighted by molar-refractivity contribution is 5.89. The van der Waals surface area contributed by atoms with Crippen molar-refractivity contribution in [2.24, 2.45) is 0 Å². The summed E-state index contributed by atoms with van der Waals surface area (Å²) in [5.74, 6) is 0.443. The van der Waals surface area contributed by atoms with Crippen molar-refractivity contribution < 1.29 is 14.6 Å². The second kappa shape index (κ2) is 7.67. The number of aromatic hydroxyl groups is 1. The first-order valence-corrected chi connectivity index (χ1v) is 8.78. The Morgan fingerprint density at radius 3 is 2.96 bits per heavy atom. The Morgan fingerprint density at radius 2 is 2.12 bits per heavy atom. The number of hydrogen-bond donors (Lipinski definition) is 1. The molecule has 0 spiro atoms. The molecule has 4 nitrogen and oxygen atoms in total. The molecule has 3 rings (SSSR count). The van der Waals surface area contributed by atoms with Gasteiger partial charge in [0.2, 0.25) is 5.91 Å². The third-order valence-electron chi connectivity index (χ3n) is 4.75. The molecule has 1 heterocycles. The maximum atomic E-state index is 12.5. The molecule has 4 heteroatoms. The number of ether oxygens (including phenoxy) is 1. The number of rotatable bonds is 4. The highest BCUT2D eigenvalue weighted by Gasteiger charge is 2.21. The molecule has 0 saturated carbocycles. The first-order valence-electron chi connectivity index (χ1n) is 8.78. The number of hydrogen-bond acceptors (Lipinski definition) is 3. The monoisotopic (exact) mass is 327 g/mol. The van der Waals surface area contributed by atoms with Gasteiger partial charge in [0, 0.05) is 31.5 Å². The van der Waals surface area contributed by atoms with Crippen LogP contribution in [0.2, 0.25) is 0 Å². The van der Waals surface area contributed by atoms with E-state index in [0.29, 0.717) is 25.1 Å². The summed E-state index contributed by atoms with van der Waals surface area (Å²) < 4.78 is 5.73. The van der Waals surface area contributed by atoms with Gasteiger partial charge in [0.1, 0.15) is 5.75 Å². The summed E-state index contributed by atoms with van der Waals surface area (Å²) in [4.78, 5) is 14.5. The van der Waals surface area contributed by atoms with Crippen LogP contribution in [0.25, 0.3) is 10.8 Å². The zero-order valence-electron chi connectivity index (χ0n) is 14.2. The SMILES string of the molecule is CC[C@H]1CN(C(=O)CCc2ccc3ccccc3c2O)CCCO1. The number of carbonyl (C=O) groups is 1. The molecular weight excluding hydrogens is 302 g/mol. The van der Waals surface area contributed by atoms with Gasteiger partial charge in [-0.2, -0.15) is 0 Å². The molecule has 1 fully saturated rings. The number of phenols is 1. The first-order chi connectivity index (χ1) is 11.7. The summed E-state index contributed by atoms with van der Waals surface area (Å²) in [7, 11) is 0. The van der Waals surface area contributed by atoms with E-state index in [2.05, 4.69) is 6.92 Å². The van der Waals surface area contributed by atoms with E-state index in [1.165, 1.54) is 0 Å². The second-order valence-corrected chi connectivity index (χ2v) is 6.39. The van der Waals surface area contributed by atoms with Crippen LogP contribution in [0.15, 0.2) is 36.4 Å². The molecule has 24 heavy (non-hydrogen) atoms. The Balaban J connectivity index is 1.66. The Bertz CT molecular complexity index is 713. The fourth-order valence-corrected chi connectivity index (χ4v) is 3.27. The molecule has 0 aromatic heterocycles. The van der Waals surface area contributed by atoms with Crippen LogP contribution in [0.3, 0.4) is 0 Å². The number of amides is 1. The van der Waals surface area contributed by atoms with E-state index in [-0.39, 0.29) is 12.0 Å². The number of aryl methyl sites for hydroxylation is 1. The first kappa shape index (κ1) is 16.8. The van der Waals surface area contributed by atoms with Crippen molar-refractivity contribution in [3.63, 3.8) is 0 Å². The lowest BCUT2D eigenvalue weighted by molar-refractivity contribution is -0.132. The van der Waals surface area contributed by atoms with E-state index >= 15 is 0 Å². The molecule has 128 valence electrons. The molecule has 0 aliphatic carbocycles. The van der Waals surface area contributed by atoms with Crippen LogP contribution in [0.4, 0.5) is 0 Å². The fourth-order valence-electron chi connectivity index (χ4n) is 3.27. The van der Waals surface area contributed by atoms with Crippen molar-refractivity contribution in [1.82, 2.24) is 4.90 Å². The van der Waals surface area contributed by atoms with Crippen molar-refractivity contribution in [2.45, 2.75) is 38.7 Å². The van der Waals surface area contributed by atoms with Crippen LogP contribution in [0.5, 0.6) is 5.75 Å². The molecule has 1 atom stereocenters. The van der Waals surface area contributed by atoms with E-state index in [0.717, 1.165) is 42.3 Å². The molecule has 1 N–H and O–H groups in total. The minimum Gasteiger partial charge on any atom is -0.507 e. The summed E-state index contributed by atoms with van der Waals surface area (Å²) in [6.45, 7) is 4.26. The minimum atomic E-state index is 0.144. The largest absolute Gasteiger partial charge is 0.507 e. The number of nitrogens with zero attached hydrogens (tertiary/aromatic N) is 1. The maximum absolute atomic E-state index is 12.5. The third kappa shape index (κ3) is 3.70. The molecule has 2 aromatic carbocycles. The fraction of sp³-hybridized carbons (Fsp3) is 0.450. The molecule has 2 aromatic rings. The van der Waals surface area contributed by atoms with Crippen LogP contribution in [-0.4, -0.2) is 41.7 Å². The van der Waals surface area contributed by atoms with Gasteiger partial charge >= 0.3 is 0 Å². The minimum absolute atomic E-state index is 0.144. The van der Waals surface area contributed by atoms with E-state index in [1.807, 2.05) is 41.3 Å². The van der Waals surface area contributed by atoms with Crippen LogP contribution < -0.4 is 0 Å².